The summed E-state index contributed by atoms with van der Waals surface area (Å²) >= 11 is 0. The van der Waals surface area contributed by atoms with E-state index in [0.29, 0.717) is 18.1 Å². The van der Waals surface area contributed by atoms with Gasteiger partial charge in [-0.25, -0.2) is 13.8 Å². The van der Waals surface area contributed by atoms with E-state index < -0.39 is 17.5 Å². The smallest absolute Gasteiger partial charge is 0.255 e. The highest BCUT2D eigenvalue weighted by Crippen LogP contribution is 2.15. The number of carbonyl (C=O) groups excluding carboxylic acids is 1. The number of anilines is 2. The van der Waals surface area contributed by atoms with E-state index in [4.69, 9.17) is 4.74 Å². The number of rotatable bonds is 7. The number of benzene rings is 2. The normalized spacial score (nSPS) is 10.4. The maximum absolute atomic E-state index is 13.2. The molecule has 3 rings (SSSR count). The first-order chi connectivity index (χ1) is 13.5. The molecule has 28 heavy (non-hydrogen) atoms. The maximum atomic E-state index is 13.2. The van der Waals surface area contributed by atoms with Crippen molar-refractivity contribution in [3.05, 3.63) is 83.6 Å². The molecule has 144 valence electrons. The molecule has 0 aliphatic carbocycles. The minimum absolute atomic E-state index is 0.0283. The van der Waals surface area contributed by atoms with Crippen LogP contribution in [0, 0.1) is 11.6 Å². The summed E-state index contributed by atoms with van der Waals surface area (Å²) < 4.78 is 31.3. The lowest BCUT2D eigenvalue weighted by molar-refractivity contribution is 0.102. The maximum Gasteiger partial charge on any atom is 0.255 e. The van der Waals surface area contributed by atoms with Crippen LogP contribution in [0.2, 0.25) is 0 Å². The fourth-order valence-corrected chi connectivity index (χ4v) is 2.54. The summed E-state index contributed by atoms with van der Waals surface area (Å²) in [6.45, 7) is 0.694. The lowest BCUT2D eigenvalue weighted by Crippen LogP contribution is -2.13. The van der Waals surface area contributed by atoms with Gasteiger partial charge in [0.1, 0.15) is 11.6 Å². The van der Waals surface area contributed by atoms with Crippen LogP contribution in [0.15, 0.2) is 60.8 Å². The van der Waals surface area contributed by atoms with E-state index in [1.807, 2.05) is 24.3 Å². The van der Waals surface area contributed by atoms with Gasteiger partial charge in [-0.1, -0.05) is 12.1 Å². The van der Waals surface area contributed by atoms with E-state index in [9.17, 15) is 13.6 Å². The molecule has 0 spiro atoms. The van der Waals surface area contributed by atoms with Crippen molar-refractivity contribution in [3.8, 4) is 5.75 Å². The van der Waals surface area contributed by atoms with Crippen molar-refractivity contribution in [1.29, 1.82) is 0 Å². The third-order valence-electron chi connectivity index (χ3n) is 4.08. The number of carbonyl (C=O) groups is 1. The number of methoxy groups -OCH3 is 1. The van der Waals surface area contributed by atoms with Crippen LogP contribution >= 0.6 is 0 Å². The minimum Gasteiger partial charge on any atom is -0.497 e. The van der Waals surface area contributed by atoms with Crippen molar-refractivity contribution in [1.82, 2.24) is 4.98 Å². The number of hydrogen-bond donors (Lipinski definition) is 2. The molecule has 2 N–H and O–H groups in total. The topological polar surface area (TPSA) is 63.2 Å². The summed E-state index contributed by atoms with van der Waals surface area (Å²) in [6.07, 6.45) is 2.31. The molecular formula is C21H19F2N3O2. The largest absolute Gasteiger partial charge is 0.497 e. The number of hydrogen-bond acceptors (Lipinski definition) is 4. The van der Waals surface area contributed by atoms with Crippen molar-refractivity contribution in [2.24, 2.45) is 0 Å². The molecule has 0 bridgehead atoms. The number of pyridine rings is 1. The molecule has 0 aliphatic heterocycles. The molecular weight excluding hydrogens is 364 g/mol. The summed E-state index contributed by atoms with van der Waals surface area (Å²) in [6, 6.07) is 14.2. The molecule has 3 aromatic rings. The van der Waals surface area contributed by atoms with E-state index >= 15 is 0 Å². The summed E-state index contributed by atoms with van der Waals surface area (Å²) in [4.78, 5) is 16.3. The molecule has 0 unspecified atom stereocenters. The number of ether oxygens (including phenoxy) is 1. The Hall–Kier alpha value is -3.48. The summed E-state index contributed by atoms with van der Waals surface area (Å²) in [5.74, 6) is -1.12. The zero-order valence-corrected chi connectivity index (χ0v) is 15.2. The molecule has 1 aromatic heterocycles. The van der Waals surface area contributed by atoms with Gasteiger partial charge in [0.25, 0.3) is 5.91 Å². The monoisotopic (exact) mass is 383 g/mol. The van der Waals surface area contributed by atoms with Crippen LogP contribution in [0.4, 0.5) is 20.3 Å². The minimum atomic E-state index is -1.07. The Morgan fingerprint density at radius 2 is 1.82 bits per heavy atom. The summed E-state index contributed by atoms with van der Waals surface area (Å²) in [7, 11) is 1.63. The number of nitrogens with zero attached hydrogens (tertiary/aromatic N) is 1. The van der Waals surface area contributed by atoms with Gasteiger partial charge in [-0.05, 0) is 54.4 Å². The van der Waals surface area contributed by atoms with E-state index in [2.05, 4.69) is 15.6 Å². The molecule has 1 heterocycles. The molecule has 0 aliphatic rings. The van der Waals surface area contributed by atoms with E-state index in [1.165, 1.54) is 17.8 Å². The van der Waals surface area contributed by atoms with Gasteiger partial charge in [0.2, 0.25) is 0 Å². The van der Waals surface area contributed by atoms with Crippen LogP contribution in [0.3, 0.4) is 0 Å². The molecule has 2 aromatic carbocycles. The predicted octanol–water partition coefficient (Wildman–Crippen LogP) is 4.28. The van der Waals surface area contributed by atoms with Crippen LogP contribution in [0.25, 0.3) is 0 Å². The SMILES string of the molecule is COc1ccc(CCNc2ccc(NC(=O)c3ccc(F)c(F)c3)cn2)cc1. The summed E-state index contributed by atoms with van der Waals surface area (Å²) in [5, 5.41) is 5.80. The zero-order chi connectivity index (χ0) is 19.9. The van der Waals surface area contributed by atoms with E-state index in [0.717, 1.165) is 24.3 Å². The number of nitrogens with one attached hydrogen (secondary N) is 2. The highest BCUT2D eigenvalue weighted by atomic mass is 19.2. The predicted molar refractivity (Wildman–Crippen MR) is 104 cm³/mol. The van der Waals surface area contributed by atoms with Crippen molar-refractivity contribution in [3.63, 3.8) is 0 Å². The Balaban J connectivity index is 1.51. The zero-order valence-electron chi connectivity index (χ0n) is 15.2. The first-order valence-corrected chi connectivity index (χ1v) is 8.64. The lowest BCUT2D eigenvalue weighted by atomic mass is 10.1. The van der Waals surface area contributed by atoms with Gasteiger partial charge in [0.15, 0.2) is 11.6 Å². The van der Waals surface area contributed by atoms with Crippen molar-refractivity contribution < 1.29 is 18.3 Å². The summed E-state index contributed by atoms with van der Waals surface area (Å²) in [5.41, 5.74) is 1.65. The highest BCUT2D eigenvalue weighted by molar-refractivity contribution is 6.04. The standard InChI is InChI=1S/C21H19F2N3O2/c1-28-17-6-2-14(3-7-17)10-11-24-20-9-5-16(13-25-20)26-21(27)15-4-8-18(22)19(23)12-15/h2-9,12-13H,10-11H2,1H3,(H,24,25)(H,26,27). The first kappa shape index (κ1) is 19.3. The molecule has 1 amide bonds. The van der Waals surface area contributed by atoms with Crippen molar-refractivity contribution in [2.75, 3.05) is 24.3 Å². The lowest BCUT2D eigenvalue weighted by Gasteiger charge is -2.08. The molecule has 0 radical (unpaired) electrons. The average molecular weight is 383 g/mol. The molecule has 0 fully saturated rings. The third-order valence-corrected chi connectivity index (χ3v) is 4.08. The van der Waals surface area contributed by atoms with Gasteiger partial charge in [-0.15, -0.1) is 0 Å². The van der Waals surface area contributed by atoms with Gasteiger partial charge in [0, 0.05) is 12.1 Å². The second kappa shape index (κ2) is 8.94. The van der Waals surface area contributed by atoms with Crippen LogP contribution < -0.4 is 15.4 Å². The van der Waals surface area contributed by atoms with Crippen molar-refractivity contribution >= 4 is 17.4 Å². The molecule has 0 saturated heterocycles. The fourth-order valence-electron chi connectivity index (χ4n) is 2.54. The quantitative estimate of drug-likeness (QED) is 0.639. The van der Waals surface area contributed by atoms with Crippen molar-refractivity contribution in [2.45, 2.75) is 6.42 Å². The second-order valence-electron chi connectivity index (χ2n) is 6.04. The molecule has 0 atom stereocenters. The Labute approximate surface area is 161 Å². The number of halogens is 2. The fraction of sp³-hybridized carbons (Fsp3) is 0.143. The van der Waals surface area contributed by atoms with Crippen LogP contribution in [0.5, 0.6) is 5.75 Å². The Morgan fingerprint density at radius 1 is 1.04 bits per heavy atom. The highest BCUT2D eigenvalue weighted by Gasteiger charge is 2.10. The molecule has 0 saturated carbocycles. The van der Waals surface area contributed by atoms with Gasteiger partial charge in [0.05, 0.1) is 19.0 Å². The molecule has 5 nitrogen and oxygen atoms in total. The number of aromatic nitrogens is 1. The van der Waals surface area contributed by atoms with Gasteiger partial charge < -0.3 is 15.4 Å². The molecule has 7 heteroatoms. The Bertz CT molecular complexity index is 945. The number of amides is 1. The van der Waals surface area contributed by atoms with Gasteiger partial charge in [-0.3, -0.25) is 4.79 Å². The Kier molecular flexibility index (Phi) is 6.16. The third kappa shape index (κ3) is 5.03. The van der Waals surface area contributed by atoms with Gasteiger partial charge >= 0.3 is 0 Å². The van der Waals surface area contributed by atoms with Crippen LogP contribution in [0.1, 0.15) is 15.9 Å². The van der Waals surface area contributed by atoms with E-state index in [-0.39, 0.29) is 5.56 Å². The van der Waals surface area contributed by atoms with Crippen LogP contribution in [-0.2, 0) is 6.42 Å². The second-order valence-corrected chi connectivity index (χ2v) is 6.04. The van der Waals surface area contributed by atoms with E-state index in [1.54, 1.807) is 19.2 Å². The first-order valence-electron chi connectivity index (χ1n) is 8.64. The van der Waals surface area contributed by atoms with Gasteiger partial charge in [-0.2, -0.15) is 0 Å². The van der Waals surface area contributed by atoms with Crippen LogP contribution in [-0.4, -0.2) is 24.5 Å². The average Bonchev–Trinajstić information content (AvgIpc) is 2.72. The Morgan fingerprint density at radius 3 is 2.46 bits per heavy atom.